The summed E-state index contributed by atoms with van der Waals surface area (Å²) in [7, 11) is 0. The van der Waals surface area contributed by atoms with Gasteiger partial charge >= 0.3 is 5.69 Å². The molecule has 20 heavy (non-hydrogen) atoms. The Kier molecular flexibility index (Phi) is 3.92. The zero-order valence-corrected chi connectivity index (χ0v) is 11.4. The Hall–Kier alpha value is -2.51. The average Bonchev–Trinajstić information content (AvgIpc) is 2.93. The molecule has 0 fully saturated rings. The van der Waals surface area contributed by atoms with Crippen molar-refractivity contribution in [2.24, 2.45) is 0 Å². The van der Waals surface area contributed by atoms with Gasteiger partial charge in [0.25, 0.3) is 5.56 Å². The van der Waals surface area contributed by atoms with E-state index in [1.807, 2.05) is 13.8 Å². The topological polar surface area (TPSA) is 122 Å². The summed E-state index contributed by atoms with van der Waals surface area (Å²) in [5, 5.41) is 2.98. The van der Waals surface area contributed by atoms with Crippen LogP contribution in [0.25, 0.3) is 0 Å². The molecule has 5 N–H and O–H groups in total. The summed E-state index contributed by atoms with van der Waals surface area (Å²) in [6.45, 7) is 4.22. The van der Waals surface area contributed by atoms with Gasteiger partial charge in [-0.2, -0.15) is 0 Å². The molecule has 1 unspecified atom stereocenters. The van der Waals surface area contributed by atoms with E-state index in [2.05, 4.69) is 20.3 Å². The van der Waals surface area contributed by atoms with Crippen LogP contribution in [0.3, 0.4) is 0 Å². The Bertz CT molecular complexity index is 685. The summed E-state index contributed by atoms with van der Waals surface area (Å²) in [6, 6.07) is -0.235. The summed E-state index contributed by atoms with van der Waals surface area (Å²) < 4.78 is 1.35. The maximum atomic E-state index is 11.9. The number of rotatable bonds is 5. The lowest BCUT2D eigenvalue weighted by Gasteiger charge is -2.16. The van der Waals surface area contributed by atoms with Crippen molar-refractivity contribution in [3.8, 4) is 0 Å². The van der Waals surface area contributed by atoms with Gasteiger partial charge in [-0.1, -0.05) is 6.92 Å². The first-order chi connectivity index (χ1) is 9.54. The number of nitrogens with two attached hydrogens (primary N) is 1. The van der Waals surface area contributed by atoms with Gasteiger partial charge in [-0.05, 0) is 13.3 Å². The zero-order valence-electron chi connectivity index (χ0n) is 11.4. The molecular formula is C12H18N6O2. The second-order valence-corrected chi connectivity index (χ2v) is 4.51. The first-order valence-corrected chi connectivity index (χ1v) is 6.43. The number of hydrogen-bond donors (Lipinski definition) is 4. The molecule has 0 amide bonds. The fourth-order valence-electron chi connectivity index (χ4n) is 1.97. The number of H-pyrrole nitrogens is 2. The van der Waals surface area contributed by atoms with E-state index in [0.717, 1.165) is 6.42 Å². The molecule has 0 spiro atoms. The SMILES string of the molecule is CCCn1c(N)c(NC(C)c2ncc[nH]2)c(=O)[nH]c1=O. The van der Waals surface area contributed by atoms with Crippen LogP contribution in [0, 0.1) is 0 Å². The quantitative estimate of drug-likeness (QED) is 0.631. The predicted molar refractivity (Wildman–Crippen MR) is 76.7 cm³/mol. The van der Waals surface area contributed by atoms with Crippen molar-refractivity contribution in [1.29, 1.82) is 0 Å². The second-order valence-electron chi connectivity index (χ2n) is 4.51. The molecule has 2 aromatic heterocycles. The number of nitrogen functional groups attached to an aromatic ring is 1. The Morgan fingerprint density at radius 1 is 1.50 bits per heavy atom. The Balaban J connectivity index is 2.39. The van der Waals surface area contributed by atoms with Crippen LogP contribution in [0.1, 0.15) is 32.1 Å². The highest BCUT2D eigenvalue weighted by Gasteiger charge is 2.15. The second kappa shape index (κ2) is 5.64. The van der Waals surface area contributed by atoms with E-state index in [9.17, 15) is 9.59 Å². The lowest BCUT2D eigenvalue weighted by Crippen LogP contribution is -2.34. The van der Waals surface area contributed by atoms with Gasteiger partial charge in [0.2, 0.25) is 0 Å². The van der Waals surface area contributed by atoms with E-state index in [4.69, 9.17) is 5.73 Å². The molecule has 0 radical (unpaired) electrons. The van der Waals surface area contributed by atoms with Crippen molar-refractivity contribution < 1.29 is 0 Å². The van der Waals surface area contributed by atoms with Gasteiger partial charge < -0.3 is 16.0 Å². The van der Waals surface area contributed by atoms with E-state index in [0.29, 0.717) is 12.4 Å². The van der Waals surface area contributed by atoms with Crippen molar-refractivity contribution in [2.75, 3.05) is 11.1 Å². The van der Waals surface area contributed by atoms with Crippen LogP contribution in [-0.4, -0.2) is 19.5 Å². The zero-order chi connectivity index (χ0) is 14.7. The summed E-state index contributed by atoms with van der Waals surface area (Å²) in [6.07, 6.45) is 4.06. The summed E-state index contributed by atoms with van der Waals surface area (Å²) >= 11 is 0. The normalized spacial score (nSPS) is 12.3. The molecule has 2 rings (SSSR count). The van der Waals surface area contributed by atoms with Crippen molar-refractivity contribution in [2.45, 2.75) is 32.9 Å². The number of aromatic amines is 2. The van der Waals surface area contributed by atoms with Crippen LogP contribution in [0.2, 0.25) is 0 Å². The van der Waals surface area contributed by atoms with Crippen molar-refractivity contribution in [3.63, 3.8) is 0 Å². The maximum absolute atomic E-state index is 11.9. The van der Waals surface area contributed by atoms with Gasteiger partial charge in [0.1, 0.15) is 17.3 Å². The largest absolute Gasteiger partial charge is 0.383 e. The van der Waals surface area contributed by atoms with Crippen molar-refractivity contribution in [1.82, 2.24) is 19.5 Å². The number of nitrogens with one attached hydrogen (secondary N) is 3. The third-order valence-corrected chi connectivity index (χ3v) is 2.98. The van der Waals surface area contributed by atoms with Crippen LogP contribution in [0.15, 0.2) is 22.0 Å². The highest BCUT2D eigenvalue weighted by molar-refractivity contribution is 5.61. The molecular weight excluding hydrogens is 260 g/mol. The lowest BCUT2D eigenvalue weighted by atomic mass is 10.3. The smallest absolute Gasteiger partial charge is 0.330 e. The molecule has 0 bridgehead atoms. The molecule has 0 saturated heterocycles. The highest BCUT2D eigenvalue weighted by atomic mass is 16.2. The van der Waals surface area contributed by atoms with Gasteiger partial charge in [0, 0.05) is 18.9 Å². The summed E-state index contributed by atoms with van der Waals surface area (Å²) in [5.74, 6) is 0.816. The monoisotopic (exact) mass is 278 g/mol. The first-order valence-electron chi connectivity index (χ1n) is 6.43. The molecule has 0 saturated carbocycles. The molecule has 2 heterocycles. The van der Waals surface area contributed by atoms with E-state index < -0.39 is 11.2 Å². The van der Waals surface area contributed by atoms with Crippen LogP contribution < -0.4 is 22.3 Å². The average molecular weight is 278 g/mol. The van der Waals surface area contributed by atoms with Crippen molar-refractivity contribution >= 4 is 11.5 Å². The summed E-state index contributed by atoms with van der Waals surface area (Å²) in [4.78, 5) is 32.9. The Morgan fingerprint density at radius 2 is 2.25 bits per heavy atom. The van der Waals surface area contributed by atoms with E-state index in [1.54, 1.807) is 12.4 Å². The fourth-order valence-corrected chi connectivity index (χ4v) is 1.97. The third-order valence-electron chi connectivity index (χ3n) is 2.98. The number of nitrogens with zero attached hydrogens (tertiary/aromatic N) is 2. The molecule has 8 nitrogen and oxygen atoms in total. The number of aromatic nitrogens is 4. The van der Waals surface area contributed by atoms with E-state index in [-0.39, 0.29) is 17.5 Å². The number of imidazole rings is 1. The van der Waals surface area contributed by atoms with Gasteiger partial charge in [-0.25, -0.2) is 9.78 Å². The van der Waals surface area contributed by atoms with Crippen molar-refractivity contribution in [3.05, 3.63) is 39.1 Å². The molecule has 8 heteroatoms. The van der Waals surface area contributed by atoms with Crippen LogP contribution in [-0.2, 0) is 6.54 Å². The number of anilines is 2. The van der Waals surface area contributed by atoms with E-state index >= 15 is 0 Å². The van der Waals surface area contributed by atoms with Crippen LogP contribution in [0.5, 0.6) is 0 Å². The molecule has 0 aliphatic heterocycles. The lowest BCUT2D eigenvalue weighted by molar-refractivity contribution is 0.641. The molecule has 0 aliphatic rings. The minimum atomic E-state index is -0.529. The van der Waals surface area contributed by atoms with Crippen LogP contribution in [0.4, 0.5) is 11.5 Å². The Morgan fingerprint density at radius 3 is 2.85 bits per heavy atom. The van der Waals surface area contributed by atoms with Gasteiger partial charge in [-0.15, -0.1) is 0 Å². The summed E-state index contributed by atoms with van der Waals surface area (Å²) in [5.41, 5.74) is 5.08. The third kappa shape index (κ3) is 2.58. The minimum absolute atomic E-state index is 0.138. The molecule has 1 atom stereocenters. The standard InChI is InChI=1S/C12H18N6O2/c1-3-6-18-9(13)8(11(19)17-12(18)20)16-7(2)10-14-4-5-15-10/h4-5,7,16H,3,6,13H2,1-2H3,(H,14,15)(H,17,19,20). The molecule has 2 aromatic rings. The first kappa shape index (κ1) is 13.9. The maximum Gasteiger partial charge on any atom is 0.330 e. The molecule has 0 aliphatic carbocycles. The van der Waals surface area contributed by atoms with E-state index in [1.165, 1.54) is 4.57 Å². The van der Waals surface area contributed by atoms with Gasteiger partial charge in [0.05, 0.1) is 6.04 Å². The van der Waals surface area contributed by atoms with Gasteiger partial charge in [0.15, 0.2) is 0 Å². The Labute approximate surface area is 115 Å². The predicted octanol–water partition coefficient (Wildman–Crippen LogP) is 0.425. The number of hydrogen-bond acceptors (Lipinski definition) is 5. The van der Waals surface area contributed by atoms with Gasteiger partial charge in [-0.3, -0.25) is 14.3 Å². The minimum Gasteiger partial charge on any atom is -0.383 e. The van der Waals surface area contributed by atoms with Crippen LogP contribution >= 0.6 is 0 Å². The molecule has 0 aromatic carbocycles. The fraction of sp³-hybridized carbons (Fsp3) is 0.417. The highest BCUT2D eigenvalue weighted by Crippen LogP contribution is 2.17. The molecule has 108 valence electrons.